The van der Waals surface area contributed by atoms with Gasteiger partial charge >= 0.3 is 5.97 Å². The summed E-state index contributed by atoms with van der Waals surface area (Å²) in [7, 11) is 0. The zero-order valence-corrected chi connectivity index (χ0v) is 15.9. The number of aliphatic carboxylic acids is 1. The summed E-state index contributed by atoms with van der Waals surface area (Å²) in [6, 6.07) is 8.98. The van der Waals surface area contributed by atoms with E-state index in [4.69, 9.17) is 4.74 Å². The van der Waals surface area contributed by atoms with Gasteiger partial charge in [0.15, 0.2) is 0 Å². The summed E-state index contributed by atoms with van der Waals surface area (Å²) in [5.74, 6) is -0.600. The molecule has 1 unspecified atom stereocenters. The first-order valence-electron chi connectivity index (χ1n) is 8.58. The minimum atomic E-state index is -1.12. The molecule has 1 aromatic carbocycles. The lowest BCUT2D eigenvalue weighted by Crippen LogP contribution is -2.39. The summed E-state index contributed by atoms with van der Waals surface area (Å²) in [6.07, 6.45) is 4.95. The second kappa shape index (κ2) is 8.49. The van der Waals surface area contributed by atoms with Gasteiger partial charge in [-0.15, -0.1) is 0 Å². The van der Waals surface area contributed by atoms with Crippen molar-refractivity contribution in [3.63, 3.8) is 0 Å². The number of rotatable bonds is 6. The molecule has 1 heterocycles. The Morgan fingerprint density at radius 3 is 2.33 bits per heavy atom. The molecule has 142 valence electrons. The van der Waals surface area contributed by atoms with Gasteiger partial charge in [0.2, 0.25) is 5.88 Å². The minimum Gasteiger partial charge on any atom is -0.479 e. The molecule has 27 heavy (non-hydrogen) atoms. The Labute approximate surface area is 158 Å². The average molecular weight is 368 g/mol. The van der Waals surface area contributed by atoms with Crippen LogP contribution in [0.5, 0.6) is 11.6 Å². The van der Waals surface area contributed by atoms with Gasteiger partial charge in [0.05, 0.1) is 0 Å². The van der Waals surface area contributed by atoms with Crippen LogP contribution in [0.1, 0.15) is 36.7 Å². The molecule has 0 aliphatic heterocycles. The molecule has 0 aliphatic rings. The second-order valence-corrected chi connectivity index (χ2v) is 7.31. The molecule has 2 rings (SSSR count). The van der Waals surface area contributed by atoms with Crippen LogP contribution in [-0.2, 0) is 4.79 Å². The van der Waals surface area contributed by atoms with Crippen LogP contribution in [0.3, 0.4) is 0 Å². The summed E-state index contributed by atoms with van der Waals surface area (Å²) in [4.78, 5) is 27.9. The quantitative estimate of drug-likeness (QED) is 0.753. The van der Waals surface area contributed by atoms with Crippen molar-refractivity contribution < 1.29 is 19.4 Å². The SMILES string of the molecule is Cc1ccc(Oc2ccc(C(=O)NC(/C=C/C(C)(C)C)C(=O)O)cc2)nc1. The number of carboxylic acids is 1. The van der Waals surface area contributed by atoms with Crippen molar-refractivity contribution in [3.8, 4) is 11.6 Å². The summed E-state index contributed by atoms with van der Waals surface area (Å²) < 4.78 is 5.62. The van der Waals surface area contributed by atoms with Gasteiger partial charge in [-0.05, 0) is 42.2 Å². The van der Waals surface area contributed by atoms with Gasteiger partial charge in [-0.3, -0.25) is 4.79 Å². The van der Waals surface area contributed by atoms with Crippen LogP contribution in [0.2, 0.25) is 0 Å². The molecule has 1 atom stereocenters. The highest BCUT2D eigenvalue weighted by molar-refractivity contribution is 5.97. The van der Waals surface area contributed by atoms with Gasteiger partial charge in [0, 0.05) is 17.8 Å². The van der Waals surface area contributed by atoms with Gasteiger partial charge in [0.1, 0.15) is 11.8 Å². The monoisotopic (exact) mass is 368 g/mol. The number of aromatic nitrogens is 1. The highest BCUT2D eigenvalue weighted by atomic mass is 16.5. The molecular weight excluding hydrogens is 344 g/mol. The largest absolute Gasteiger partial charge is 0.479 e. The number of hydrogen-bond donors (Lipinski definition) is 2. The van der Waals surface area contributed by atoms with Crippen LogP contribution >= 0.6 is 0 Å². The number of carbonyl (C=O) groups is 2. The molecule has 2 N–H and O–H groups in total. The number of nitrogens with one attached hydrogen (secondary N) is 1. The van der Waals surface area contributed by atoms with Gasteiger partial charge in [-0.1, -0.05) is 39.0 Å². The molecular formula is C21H24N2O4. The van der Waals surface area contributed by atoms with Crippen molar-refractivity contribution in [2.24, 2.45) is 5.41 Å². The zero-order valence-electron chi connectivity index (χ0n) is 15.9. The minimum absolute atomic E-state index is 0.179. The fraction of sp³-hybridized carbons (Fsp3) is 0.286. The third-order valence-corrected chi connectivity index (χ3v) is 3.56. The predicted octanol–water partition coefficient (Wildman–Crippen LogP) is 3.97. The van der Waals surface area contributed by atoms with E-state index >= 15 is 0 Å². The lowest BCUT2D eigenvalue weighted by molar-refractivity contribution is -0.137. The van der Waals surface area contributed by atoms with E-state index in [-0.39, 0.29) is 5.41 Å². The number of carbonyl (C=O) groups excluding carboxylic acids is 1. The molecule has 0 spiro atoms. The van der Waals surface area contributed by atoms with E-state index in [2.05, 4.69) is 10.3 Å². The fourth-order valence-corrected chi connectivity index (χ4v) is 2.11. The van der Waals surface area contributed by atoms with Gasteiger partial charge < -0.3 is 15.2 Å². The predicted molar refractivity (Wildman–Crippen MR) is 103 cm³/mol. The smallest absolute Gasteiger partial charge is 0.330 e. The first-order valence-corrected chi connectivity index (χ1v) is 8.58. The summed E-state index contributed by atoms with van der Waals surface area (Å²) in [5, 5.41) is 11.8. The molecule has 1 aromatic heterocycles. The number of allylic oxidation sites excluding steroid dienone is 1. The third kappa shape index (κ3) is 6.58. The molecule has 2 aromatic rings. The summed E-state index contributed by atoms with van der Waals surface area (Å²) in [6.45, 7) is 7.79. The van der Waals surface area contributed by atoms with Crippen molar-refractivity contribution in [1.29, 1.82) is 0 Å². The van der Waals surface area contributed by atoms with Crippen molar-refractivity contribution in [2.75, 3.05) is 0 Å². The molecule has 0 radical (unpaired) electrons. The van der Waals surface area contributed by atoms with E-state index in [1.165, 1.54) is 6.08 Å². The number of amides is 1. The number of benzene rings is 1. The lowest BCUT2D eigenvalue weighted by atomic mass is 9.95. The second-order valence-electron chi connectivity index (χ2n) is 7.31. The van der Waals surface area contributed by atoms with E-state index < -0.39 is 17.9 Å². The van der Waals surface area contributed by atoms with Crippen LogP contribution in [0.15, 0.2) is 54.7 Å². The summed E-state index contributed by atoms with van der Waals surface area (Å²) >= 11 is 0. The van der Waals surface area contributed by atoms with Crippen molar-refractivity contribution >= 4 is 11.9 Å². The van der Waals surface area contributed by atoms with Crippen molar-refractivity contribution in [1.82, 2.24) is 10.3 Å². The molecule has 0 bridgehead atoms. The van der Waals surface area contributed by atoms with E-state index in [1.54, 1.807) is 42.6 Å². The highest BCUT2D eigenvalue weighted by Crippen LogP contribution is 2.20. The normalized spacial score (nSPS) is 12.6. The van der Waals surface area contributed by atoms with Crippen LogP contribution in [-0.4, -0.2) is 28.0 Å². The topological polar surface area (TPSA) is 88.5 Å². The standard InChI is InChI=1S/C21H24N2O4/c1-14-5-10-18(22-13-14)27-16-8-6-15(7-9-16)19(24)23-17(20(25)26)11-12-21(2,3)4/h5-13,17H,1-4H3,(H,23,24)(H,25,26)/b12-11+. The van der Waals surface area contributed by atoms with Gasteiger partial charge in [-0.25, -0.2) is 9.78 Å². The average Bonchev–Trinajstić information content (AvgIpc) is 2.60. The Balaban J connectivity index is 2.04. The number of pyridine rings is 1. The van der Waals surface area contributed by atoms with Crippen molar-refractivity contribution in [2.45, 2.75) is 33.7 Å². The van der Waals surface area contributed by atoms with E-state index in [9.17, 15) is 14.7 Å². The van der Waals surface area contributed by atoms with Crippen molar-refractivity contribution in [3.05, 3.63) is 65.9 Å². The zero-order chi connectivity index (χ0) is 20.0. The maximum absolute atomic E-state index is 12.3. The lowest BCUT2D eigenvalue weighted by Gasteiger charge is -2.15. The molecule has 1 amide bonds. The Morgan fingerprint density at radius 1 is 1.15 bits per heavy atom. The van der Waals surface area contributed by atoms with Crippen LogP contribution in [0.4, 0.5) is 0 Å². The Hall–Kier alpha value is -3.15. The maximum Gasteiger partial charge on any atom is 0.330 e. The van der Waals surface area contributed by atoms with Crippen LogP contribution in [0, 0.1) is 12.3 Å². The first-order chi connectivity index (χ1) is 12.6. The van der Waals surface area contributed by atoms with Gasteiger partial charge in [0.25, 0.3) is 5.91 Å². The molecule has 0 saturated heterocycles. The number of aryl methyl sites for hydroxylation is 1. The van der Waals surface area contributed by atoms with Crippen LogP contribution < -0.4 is 10.1 Å². The van der Waals surface area contributed by atoms with E-state index in [1.807, 2.05) is 33.8 Å². The first kappa shape index (κ1) is 20.2. The number of hydrogen-bond acceptors (Lipinski definition) is 4. The third-order valence-electron chi connectivity index (χ3n) is 3.56. The highest BCUT2D eigenvalue weighted by Gasteiger charge is 2.19. The Bertz CT molecular complexity index is 819. The molecule has 0 aliphatic carbocycles. The number of carboxylic acid groups (broad SMARTS) is 1. The Morgan fingerprint density at radius 2 is 1.81 bits per heavy atom. The molecule has 0 saturated carbocycles. The molecule has 0 fully saturated rings. The molecule has 6 heteroatoms. The fourth-order valence-electron chi connectivity index (χ4n) is 2.11. The Kier molecular flexibility index (Phi) is 6.34. The van der Waals surface area contributed by atoms with Crippen LogP contribution in [0.25, 0.3) is 0 Å². The van der Waals surface area contributed by atoms with E-state index in [0.29, 0.717) is 17.2 Å². The number of nitrogens with zero attached hydrogens (tertiary/aromatic N) is 1. The summed E-state index contributed by atoms with van der Waals surface area (Å²) in [5.41, 5.74) is 1.19. The van der Waals surface area contributed by atoms with E-state index in [0.717, 1.165) is 5.56 Å². The molecule has 6 nitrogen and oxygen atoms in total. The number of ether oxygens (including phenoxy) is 1. The van der Waals surface area contributed by atoms with Gasteiger partial charge in [-0.2, -0.15) is 0 Å². The maximum atomic E-state index is 12.3.